The van der Waals surface area contributed by atoms with Crippen molar-refractivity contribution in [1.82, 2.24) is 4.72 Å². The smallest absolute Gasteiger partial charge is 0.322 e. The highest BCUT2D eigenvalue weighted by Crippen LogP contribution is 2.25. The van der Waals surface area contributed by atoms with Crippen molar-refractivity contribution < 1.29 is 17.9 Å². The summed E-state index contributed by atoms with van der Waals surface area (Å²) in [6, 6.07) is -0.139. The summed E-state index contributed by atoms with van der Waals surface area (Å²) in [5.74, 6) is -1.16. The summed E-state index contributed by atoms with van der Waals surface area (Å²) >= 11 is 0. The highest BCUT2D eigenvalue weighted by molar-refractivity contribution is 7.90. The van der Waals surface area contributed by atoms with E-state index in [4.69, 9.17) is 5.73 Å². The first-order valence-electron chi connectivity index (χ1n) is 5.84. The molecule has 0 radical (unpaired) electrons. The van der Waals surface area contributed by atoms with Crippen LogP contribution in [0.4, 0.5) is 0 Å². The first kappa shape index (κ1) is 14.4. The zero-order valence-corrected chi connectivity index (χ0v) is 10.8. The number of esters is 1. The van der Waals surface area contributed by atoms with Crippen LogP contribution in [-0.2, 0) is 19.6 Å². The molecule has 2 atom stereocenters. The van der Waals surface area contributed by atoms with Crippen LogP contribution in [-0.4, -0.2) is 39.3 Å². The van der Waals surface area contributed by atoms with Crippen LogP contribution in [0.3, 0.4) is 0 Å². The molecule has 0 heterocycles. The Morgan fingerprint density at radius 3 is 2.76 bits per heavy atom. The number of carbonyl (C=O) groups excluding carboxylic acids is 1. The fourth-order valence-electron chi connectivity index (χ4n) is 2.10. The molecule has 0 aromatic rings. The summed E-state index contributed by atoms with van der Waals surface area (Å²) in [6.07, 6.45) is 2.68. The molecule has 2 unspecified atom stereocenters. The van der Waals surface area contributed by atoms with Gasteiger partial charge in [0.2, 0.25) is 10.0 Å². The predicted molar refractivity (Wildman–Crippen MR) is 63.7 cm³/mol. The van der Waals surface area contributed by atoms with Crippen molar-refractivity contribution in [3.05, 3.63) is 0 Å². The van der Waals surface area contributed by atoms with E-state index in [1.165, 1.54) is 0 Å². The number of ether oxygens (including phenoxy) is 1. The van der Waals surface area contributed by atoms with Gasteiger partial charge in [0, 0.05) is 6.04 Å². The molecule has 3 N–H and O–H groups in total. The normalized spacial score (nSPS) is 24.8. The van der Waals surface area contributed by atoms with E-state index in [2.05, 4.69) is 9.46 Å². The molecule has 0 aliphatic heterocycles. The van der Waals surface area contributed by atoms with Gasteiger partial charge in [-0.3, -0.25) is 4.79 Å². The van der Waals surface area contributed by atoms with E-state index in [1.54, 1.807) is 6.92 Å². The van der Waals surface area contributed by atoms with Gasteiger partial charge >= 0.3 is 5.97 Å². The average molecular weight is 264 g/mol. The second kappa shape index (κ2) is 6.32. The number of nitrogens with two attached hydrogens (primary N) is 1. The van der Waals surface area contributed by atoms with Gasteiger partial charge in [-0.2, -0.15) is 0 Å². The Morgan fingerprint density at radius 2 is 2.18 bits per heavy atom. The van der Waals surface area contributed by atoms with Gasteiger partial charge in [0.15, 0.2) is 5.75 Å². The molecule has 0 aromatic carbocycles. The fraction of sp³-hybridized carbons (Fsp3) is 0.900. The van der Waals surface area contributed by atoms with Crippen molar-refractivity contribution in [2.45, 2.75) is 32.2 Å². The molecule has 1 saturated carbocycles. The number of nitrogens with one attached hydrogen (secondary N) is 1. The summed E-state index contributed by atoms with van der Waals surface area (Å²) in [5, 5.41) is 0. The lowest BCUT2D eigenvalue weighted by Crippen LogP contribution is -2.42. The molecule has 0 aromatic heterocycles. The maximum atomic E-state index is 11.7. The predicted octanol–water partition coefficient (Wildman–Crippen LogP) is -0.404. The van der Waals surface area contributed by atoms with Crippen molar-refractivity contribution in [2.24, 2.45) is 11.7 Å². The molecule has 0 spiro atoms. The standard InChI is InChI=1S/C10H20N2O4S/c1-2-16-10(13)7-17(14,15)12-9-5-3-4-8(9)6-11/h8-9,12H,2-7,11H2,1H3. The van der Waals surface area contributed by atoms with Crippen molar-refractivity contribution in [1.29, 1.82) is 0 Å². The van der Waals surface area contributed by atoms with Gasteiger partial charge < -0.3 is 10.5 Å². The van der Waals surface area contributed by atoms with Crippen LogP contribution in [0.2, 0.25) is 0 Å². The minimum atomic E-state index is -3.61. The SMILES string of the molecule is CCOC(=O)CS(=O)(=O)NC1CCCC1CN. The second-order valence-corrected chi connectivity index (χ2v) is 5.97. The monoisotopic (exact) mass is 264 g/mol. The molecular weight excluding hydrogens is 244 g/mol. The van der Waals surface area contributed by atoms with E-state index in [1.807, 2.05) is 0 Å². The van der Waals surface area contributed by atoms with Gasteiger partial charge in [-0.25, -0.2) is 13.1 Å². The first-order chi connectivity index (χ1) is 7.98. The molecule has 1 aliphatic carbocycles. The Morgan fingerprint density at radius 1 is 1.47 bits per heavy atom. The van der Waals surface area contributed by atoms with Crippen LogP contribution in [0.15, 0.2) is 0 Å². The minimum Gasteiger partial charge on any atom is -0.465 e. The largest absolute Gasteiger partial charge is 0.465 e. The van der Waals surface area contributed by atoms with Gasteiger partial charge in [-0.05, 0) is 32.2 Å². The minimum absolute atomic E-state index is 0.139. The summed E-state index contributed by atoms with van der Waals surface area (Å²) in [4.78, 5) is 11.1. The summed E-state index contributed by atoms with van der Waals surface area (Å²) in [5.41, 5.74) is 5.57. The van der Waals surface area contributed by atoms with Crippen LogP contribution in [0.1, 0.15) is 26.2 Å². The number of sulfonamides is 1. The van der Waals surface area contributed by atoms with Crippen molar-refractivity contribution in [2.75, 3.05) is 18.9 Å². The molecule has 1 rings (SSSR count). The Labute approximate surface area is 102 Å². The van der Waals surface area contributed by atoms with E-state index in [-0.39, 0.29) is 18.6 Å². The molecule has 0 saturated heterocycles. The maximum Gasteiger partial charge on any atom is 0.322 e. The molecule has 1 aliphatic rings. The highest BCUT2D eigenvalue weighted by atomic mass is 32.2. The maximum absolute atomic E-state index is 11.7. The van der Waals surface area contributed by atoms with E-state index in [0.29, 0.717) is 6.54 Å². The lowest BCUT2D eigenvalue weighted by Gasteiger charge is -2.18. The van der Waals surface area contributed by atoms with Gasteiger partial charge in [0.25, 0.3) is 0 Å². The Kier molecular flexibility index (Phi) is 5.35. The number of rotatable bonds is 6. The molecule has 100 valence electrons. The first-order valence-corrected chi connectivity index (χ1v) is 7.49. The highest BCUT2D eigenvalue weighted by Gasteiger charge is 2.30. The Hall–Kier alpha value is -0.660. The molecule has 17 heavy (non-hydrogen) atoms. The fourth-order valence-corrected chi connectivity index (χ4v) is 3.35. The van der Waals surface area contributed by atoms with Gasteiger partial charge in [-0.1, -0.05) is 6.42 Å². The molecule has 7 heteroatoms. The molecule has 0 amide bonds. The van der Waals surface area contributed by atoms with Gasteiger partial charge in [0.1, 0.15) is 0 Å². The van der Waals surface area contributed by atoms with Gasteiger partial charge in [0.05, 0.1) is 6.61 Å². The third kappa shape index (κ3) is 4.61. The molecule has 6 nitrogen and oxygen atoms in total. The van der Waals surface area contributed by atoms with E-state index in [9.17, 15) is 13.2 Å². The van der Waals surface area contributed by atoms with Crippen molar-refractivity contribution in [3.8, 4) is 0 Å². The number of hydrogen-bond acceptors (Lipinski definition) is 5. The average Bonchev–Trinajstić information content (AvgIpc) is 2.63. The molecule has 0 bridgehead atoms. The second-order valence-electron chi connectivity index (χ2n) is 4.22. The van der Waals surface area contributed by atoms with E-state index >= 15 is 0 Å². The molecule has 1 fully saturated rings. The Balaban J connectivity index is 2.51. The third-order valence-corrected chi connectivity index (χ3v) is 4.18. The zero-order chi connectivity index (χ0) is 12.9. The quantitative estimate of drug-likeness (QED) is 0.636. The van der Waals surface area contributed by atoms with Gasteiger partial charge in [-0.15, -0.1) is 0 Å². The molecular formula is C10H20N2O4S. The zero-order valence-electron chi connectivity index (χ0n) is 10.0. The lowest BCUT2D eigenvalue weighted by molar-refractivity contribution is -0.139. The van der Waals surface area contributed by atoms with Crippen molar-refractivity contribution in [3.63, 3.8) is 0 Å². The summed E-state index contributed by atoms with van der Waals surface area (Å²) in [6.45, 7) is 2.29. The lowest BCUT2D eigenvalue weighted by atomic mass is 10.1. The number of hydrogen-bond donors (Lipinski definition) is 2. The van der Waals surface area contributed by atoms with Crippen LogP contribution >= 0.6 is 0 Å². The topological polar surface area (TPSA) is 98.5 Å². The van der Waals surface area contributed by atoms with Crippen LogP contribution in [0.5, 0.6) is 0 Å². The number of carbonyl (C=O) groups is 1. The van der Waals surface area contributed by atoms with Crippen LogP contribution < -0.4 is 10.5 Å². The van der Waals surface area contributed by atoms with E-state index in [0.717, 1.165) is 19.3 Å². The summed E-state index contributed by atoms with van der Waals surface area (Å²) < 4.78 is 30.5. The third-order valence-electron chi connectivity index (χ3n) is 2.91. The van der Waals surface area contributed by atoms with E-state index < -0.39 is 21.7 Å². The van der Waals surface area contributed by atoms with Crippen molar-refractivity contribution >= 4 is 16.0 Å². The Bertz CT molecular complexity index is 355. The summed E-state index contributed by atoms with van der Waals surface area (Å²) in [7, 11) is -3.61. The van der Waals surface area contributed by atoms with Crippen LogP contribution in [0.25, 0.3) is 0 Å². The van der Waals surface area contributed by atoms with Crippen LogP contribution in [0, 0.1) is 5.92 Å².